The van der Waals surface area contributed by atoms with Gasteiger partial charge in [-0.3, -0.25) is 9.69 Å². The molecule has 2 aliphatic rings. The van der Waals surface area contributed by atoms with Crippen LogP contribution in [0.3, 0.4) is 0 Å². The number of rotatable bonds is 4. The van der Waals surface area contributed by atoms with Crippen molar-refractivity contribution in [2.24, 2.45) is 0 Å². The number of hydrogen-bond donors (Lipinski definition) is 1. The van der Waals surface area contributed by atoms with E-state index in [1.54, 1.807) is 0 Å². The van der Waals surface area contributed by atoms with Gasteiger partial charge < -0.3 is 5.32 Å². The van der Waals surface area contributed by atoms with Gasteiger partial charge in [0.15, 0.2) is 9.84 Å². The third-order valence-electron chi connectivity index (χ3n) is 4.36. The molecule has 3 rings (SSSR count). The lowest BCUT2D eigenvalue weighted by atomic mass is 10.1. The van der Waals surface area contributed by atoms with Crippen molar-refractivity contribution in [3.63, 3.8) is 0 Å². The van der Waals surface area contributed by atoms with Crippen LogP contribution in [0.15, 0.2) is 6.20 Å². The molecule has 7 nitrogen and oxygen atoms in total. The standard InChI is InChI=1S/C15H22N4O3S/c1-2-14-16-7-11-3-5-19(8-13(11)18-14)9-15(20)17-12-4-6-23(21,22)10-12/h7,12H,2-6,8-10H2,1H3,(H,17,20)/t12-/m1/s1. The predicted octanol–water partition coefficient (Wildman–Crippen LogP) is -0.300. The highest BCUT2D eigenvalue weighted by atomic mass is 32.2. The van der Waals surface area contributed by atoms with Crippen LogP contribution >= 0.6 is 0 Å². The summed E-state index contributed by atoms with van der Waals surface area (Å²) in [6, 6.07) is -0.237. The number of nitrogens with one attached hydrogen (secondary N) is 1. The molecule has 8 heteroatoms. The van der Waals surface area contributed by atoms with Crippen molar-refractivity contribution in [2.75, 3.05) is 24.6 Å². The van der Waals surface area contributed by atoms with Crippen LogP contribution in [-0.4, -0.2) is 59.8 Å². The molecular formula is C15H22N4O3S. The third kappa shape index (κ3) is 4.06. The summed E-state index contributed by atoms with van der Waals surface area (Å²) in [6.07, 6.45) is 4.04. The topological polar surface area (TPSA) is 92.3 Å². The Morgan fingerprint density at radius 3 is 3.00 bits per heavy atom. The lowest BCUT2D eigenvalue weighted by Crippen LogP contribution is -2.44. The van der Waals surface area contributed by atoms with Crippen molar-refractivity contribution in [1.29, 1.82) is 0 Å². The molecule has 3 heterocycles. The Hall–Kier alpha value is -1.54. The van der Waals surface area contributed by atoms with Crippen molar-refractivity contribution >= 4 is 15.7 Å². The van der Waals surface area contributed by atoms with Crippen molar-refractivity contribution in [1.82, 2.24) is 20.2 Å². The Morgan fingerprint density at radius 1 is 1.48 bits per heavy atom. The Bertz CT molecular complexity index is 705. The van der Waals surface area contributed by atoms with Gasteiger partial charge in [-0.05, 0) is 18.4 Å². The summed E-state index contributed by atoms with van der Waals surface area (Å²) < 4.78 is 22.9. The van der Waals surface area contributed by atoms with Gasteiger partial charge in [-0.15, -0.1) is 0 Å². The van der Waals surface area contributed by atoms with Crippen molar-refractivity contribution in [3.05, 3.63) is 23.3 Å². The normalized spacial score (nSPS) is 23.4. The average molecular weight is 338 g/mol. The number of amides is 1. The highest BCUT2D eigenvalue weighted by molar-refractivity contribution is 7.91. The second kappa shape index (κ2) is 6.52. The van der Waals surface area contributed by atoms with Gasteiger partial charge in [0.2, 0.25) is 5.91 Å². The van der Waals surface area contributed by atoms with Gasteiger partial charge >= 0.3 is 0 Å². The lowest BCUT2D eigenvalue weighted by molar-refractivity contribution is -0.123. The second-order valence-corrected chi connectivity index (χ2v) is 8.47. The highest BCUT2D eigenvalue weighted by Gasteiger charge is 2.29. The van der Waals surface area contributed by atoms with E-state index in [1.165, 1.54) is 0 Å². The van der Waals surface area contributed by atoms with E-state index < -0.39 is 9.84 Å². The molecule has 2 aliphatic heterocycles. The number of aryl methyl sites for hydroxylation is 1. The van der Waals surface area contributed by atoms with E-state index in [2.05, 4.69) is 15.3 Å². The minimum atomic E-state index is -2.97. The van der Waals surface area contributed by atoms with Crippen LogP contribution in [0.1, 0.15) is 30.4 Å². The molecule has 0 unspecified atom stereocenters. The van der Waals surface area contributed by atoms with Crippen LogP contribution in [0.25, 0.3) is 0 Å². The Morgan fingerprint density at radius 2 is 2.30 bits per heavy atom. The molecule has 0 aliphatic carbocycles. The van der Waals surface area contributed by atoms with Gasteiger partial charge in [-0.25, -0.2) is 18.4 Å². The van der Waals surface area contributed by atoms with E-state index in [9.17, 15) is 13.2 Å². The van der Waals surface area contributed by atoms with Crippen molar-refractivity contribution in [2.45, 2.75) is 38.8 Å². The molecule has 0 radical (unpaired) electrons. The van der Waals surface area contributed by atoms with Gasteiger partial charge in [-0.1, -0.05) is 6.92 Å². The molecule has 1 fully saturated rings. The maximum atomic E-state index is 12.1. The fraction of sp³-hybridized carbons (Fsp3) is 0.667. The first-order valence-electron chi connectivity index (χ1n) is 8.01. The zero-order valence-corrected chi connectivity index (χ0v) is 14.1. The fourth-order valence-electron chi connectivity index (χ4n) is 3.09. The molecule has 0 aromatic carbocycles. The highest BCUT2D eigenvalue weighted by Crippen LogP contribution is 2.16. The van der Waals surface area contributed by atoms with Crippen LogP contribution in [0.5, 0.6) is 0 Å². The first-order valence-corrected chi connectivity index (χ1v) is 9.83. The number of hydrogen-bond acceptors (Lipinski definition) is 6. The van der Waals surface area contributed by atoms with Crippen LogP contribution in [0.4, 0.5) is 0 Å². The number of fused-ring (bicyclic) bond motifs is 1. The zero-order chi connectivity index (χ0) is 16.4. The molecule has 1 N–H and O–H groups in total. The van der Waals surface area contributed by atoms with Gasteiger partial charge in [0, 0.05) is 31.7 Å². The zero-order valence-electron chi connectivity index (χ0n) is 13.3. The van der Waals surface area contributed by atoms with E-state index >= 15 is 0 Å². The molecule has 0 bridgehead atoms. The minimum Gasteiger partial charge on any atom is -0.351 e. The molecule has 1 aromatic rings. The first kappa shape index (κ1) is 16.3. The molecular weight excluding hydrogens is 316 g/mol. The maximum Gasteiger partial charge on any atom is 0.234 e. The first-order chi connectivity index (χ1) is 10.9. The van der Waals surface area contributed by atoms with Crippen LogP contribution in [-0.2, 0) is 34.0 Å². The van der Waals surface area contributed by atoms with E-state index in [4.69, 9.17) is 0 Å². The molecule has 0 spiro atoms. The molecule has 1 atom stereocenters. The van der Waals surface area contributed by atoms with Crippen LogP contribution < -0.4 is 5.32 Å². The van der Waals surface area contributed by atoms with E-state index in [1.807, 2.05) is 18.0 Å². The van der Waals surface area contributed by atoms with Crippen molar-refractivity contribution in [3.8, 4) is 0 Å². The Kier molecular flexibility index (Phi) is 4.63. The number of carbonyl (C=O) groups is 1. The third-order valence-corrected chi connectivity index (χ3v) is 6.12. The SMILES string of the molecule is CCc1ncc2c(n1)CN(CC(=O)N[C@@H]1CCS(=O)(=O)C1)CC2. The molecule has 1 amide bonds. The largest absolute Gasteiger partial charge is 0.351 e. The number of nitrogens with zero attached hydrogens (tertiary/aromatic N) is 3. The van der Waals surface area contributed by atoms with Gasteiger partial charge in [0.25, 0.3) is 0 Å². The molecule has 1 aromatic heterocycles. The molecule has 23 heavy (non-hydrogen) atoms. The summed E-state index contributed by atoms with van der Waals surface area (Å²) in [5.41, 5.74) is 2.15. The van der Waals surface area contributed by atoms with Gasteiger partial charge in [0.1, 0.15) is 5.82 Å². The lowest BCUT2D eigenvalue weighted by Gasteiger charge is -2.27. The molecule has 126 valence electrons. The van der Waals surface area contributed by atoms with E-state index in [0.717, 1.165) is 36.5 Å². The monoisotopic (exact) mass is 338 g/mol. The second-order valence-electron chi connectivity index (χ2n) is 6.24. The molecule has 1 saturated heterocycles. The fourth-order valence-corrected chi connectivity index (χ4v) is 4.76. The average Bonchev–Trinajstić information content (AvgIpc) is 2.85. The van der Waals surface area contributed by atoms with E-state index in [0.29, 0.717) is 13.0 Å². The summed E-state index contributed by atoms with van der Waals surface area (Å²) >= 11 is 0. The summed E-state index contributed by atoms with van der Waals surface area (Å²) in [7, 11) is -2.97. The van der Waals surface area contributed by atoms with Gasteiger partial charge in [-0.2, -0.15) is 0 Å². The maximum absolute atomic E-state index is 12.1. The minimum absolute atomic E-state index is 0.0641. The Balaban J connectivity index is 1.55. The summed E-state index contributed by atoms with van der Waals surface area (Å²) in [4.78, 5) is 23.0. The van der Waals surface area contributed by atoms with E-state index in [-0.39, 0.29) is 30.0 Å². The van der Waals surface area contributed by atoms with Crippen molar-refractivity contribution < 1.29 is 13.2 Å². The van der Waals surface area contributed by atoms with Crippen LogP contribution in [0.2, 0.25) is 0 Å². The summed E-state index contributed by atoms with van der Waals surface area (Å²) in [5, 5.41) is 2.84. The number of carbonyl (C=O) groups excluding carboxylic acids is 1. The number of aromatic nitrogens is 2. The predicted molar refractivity (Wildman–Crippen MR) is 85.6 cm³/mol. The quantitative estimate of drug-likeness (QED) is 0.810. The summed E-state index contributed by atoms with van der Waals surface area (Å²) in [6.45, 7) is 3.73. The van der Waals surface area contributed by atoms with Gasteiger partial charge in [0.05, 0.1) is 23.7 Å². The smallest absolute Gasteiger partial charge is 0.234 e. The summed E-state index contributed by atoms with van der Waals surface area (Å²) in [5.74, 6) is 0.951. The van der Waals surface area contributed by atoms with Crippen LogP contribution in [0, 0.1) is 0 Å². The Labute approximate surface area is 136 Å². The number of sulfone groups is 1. The molecule has 0 saturated carbocycles.